The molecule has 1 atom stereocenters. The lowest BCUT2D eigenvalue weighted by Gasteiger charge is -2.18. The van der Waals surface area contributed by atoms with Gasteiger partial charge in [0.25, 0.3) is 0 Å². The molecule has 21 heavy (non-hydrogen) atoms. The summed E-state index contributed by atoms with van der Waals surface area (Å²) in [5.41, 5.74) is 6.87. The van der Waals surface area contributed by atoms with Crippen LogP contribution >= 0.6 is 12.2 Å². The van der Waals surface area contributed by atoms with Crippen LogP contribution < -0.4 is 5.73 Å². The van der Waals surface area contributed by atoms with E-state index in [4.69, 9.17) is 22.7 Å². The fourth-order valence-corrected chi connectivity index (χ4v) is 4.47. The molecule has 1 fully saturated rings. The summed E-state index contributed by atoms with van der Waals surface area (Å²) in [5, 5.41) is 0. The maximum atomic E-state index is 12.8. The molecule has 1 heterocycles. The van der Waals surface area contributed by atoms with Crippen molar-refractivity contribution in [1.29, 1.82) is 0 Å². The van der Waals surface area contributed by atoms with Gasteiger partial charge in [-0.1, -0.05) is 24.4 Å². The summed E-state index contributed by atoms with van der Waals surface area (Å²) in [6.45, 7) is 3.37. The van der Waals surface area contributed by atoms with Crippen molar-refractivity contribution in [2.75, 3.05) is 26.8 Å². The Labute approximate surface area is 131 Å². The van der Waals surface area contributed by atoms with Crippen molar-refractivity contribution < 1.29 is 13.2 Å². The van der Waals surface area contributed by atoms with Gasteiger partial charge in [0, 0.05) is 25.8 Å². The van der Waals surface area contributed by atoms with Crippen LogP contribution in [0.4, 0.5) is 0 Å². The van der Waals surface area contributed by atoms with Crippen LogP contribution in [0, 0.1) is 12.8 Å². The van der Waals surface area contributed by atoms with E-state index in [1.54, 1.807) is 32.2 Å². The Balaban J connectivity index is 2.32. The average Bonchev–Trinajstić information content (AvgIpc) is 2.88. The lowest BCUT2D eigenvalue weighted by molar-refractivity contribution is 0.157. The first-order valence-corrected chi connectivity index (χ1v) is 8.60. The second-order valence-corrected chi connectivity index (χ2v) is 7.66. The van der Waals surface area contributed by atoms with E-state index in [9.17, 15) is 8.42 Å². The first kappa shape index (κ1) is 16.4. The maximum absolute atomic E-state index is 12.8. The standard InChI is InChI=1S/C14H20N2O3S2/c1-10-3-4-12(14(15)20)7-13(10)21(17,18)16-6-5-11(8-16)9-19-2/h3-4,7,11H,5-6,8-9H2,1-2H3,(H2,15,20). The van der Waals surface area contributed by atoms with Gasteiger partial charge in [0.05, 0.1) is 11.5 Å². The number of nitrogens with two attached hydrogens (primary N) is 1. The topological polar surface area (TPSA) is 72.6 Å². The van der Waals surface area contributed by atoms with Crippen LogP contribution in [0.25, 0.3) is 0 Å². The Morgan fingerprint density at radius 3 is 2.86 bits per heavy atom. The molecule has 7 heteroatoms. The lowest BCUT2D eigenvalue weighted by Crippen LogP contribution is -2.30. The van der Waals surface area contributed by atoms with E-state index in [1.807, 2.05) is 0 Å². The van der Waals surface area contributed by atoms with Crippen molar-refractivity contribution in [3.63, 3.8) is 0 Å². The van der Waals surface area contributed by atoms with E-state index in [2.05, 4.69) is 0 Å². The third-order valence-corrected chi connectivity index (χ3v) is 5.98. The van der Waals surface area contributed by atoms with E-state index in [1.165, 1.54) is 4.31 Å². The largest absolute Gasteiger partial charge is 0.389 e. The first-order valence-electron chi connectivity index (χ1n) is 6.75. The molecule has 1 unspecified atom stereocenters. The minimum Gasteiger partial charge on any atom is -0.389 e. The highest BCUT2D eigenvalue weighted by atomic mass is 32.2. The van der Waals surface area contributed by atoms with Crippen molar-refractivity contribution in [3.8, 4) is 0 Å². The molecule has 2 rings (SSSR count). The number of aryl methyl sites for hydroxylation is 1. The molecule has 0 spiro atoms. The third-order valence-electron chi connectivity index (χ3n) is 3.74. The molecule has 2 N–H and O–H groups in total. The Bertz CT molecular complexity index is 644. The predicted octanol–water partition coefficient (Wildman–Crippen LogP) is 1.29. The molecule has 0 bridgehead atoms. The fraction of sp³-hybridized carbons (Fsp3) is 0.500. The molecule has 1 aromatic rings. The lowest BCUT2D eigenvalue weighted by atomic mass is 10.1. The van der Waals surface area contributed by atoms with Crippen LogP contribution in [-0.4, -0.2) is 44.5 Å². The number of sulfonamides is 1. The number of ether oxygens (including phenoxy) is 1. The molecule has 1 aliphatic heterocycles. The molecule has 5 nitrogen and oxygen atoms in total. The highest BCUT2D eigenvalue weighted by molar-refractivity contribution is 7.89. The van der Waals surface area contributed by atoms with Crippen molar-refractivity contribution >= 4 is 27.2 Å². The van der Waals surface area contributed by atoms with Gasteiger partial charge in [-0.25, -0.2) is 8.42 Å². The van der Waals surface area contributed by atoms with E-state index in [0.717, 1.165) is 6.42 Å². The van der Waals surface area contributed by atoms with Crippen LogP contribution in [0.5, 0.6) is 0 Å². The highest BCUT2D eigenvalue weighted by Crippen LogP contribution is 2.27. The maximum Gasteiger partial charge on any atom is 0.243 e. The zero-order valence-electron chi connectivity index (χ0n) is 12.2. The van der Waals surface area contributed by atoms with E-state index >= 15 is 0 Å². The average molecular weight is 328 g/mol. The van der Waals surface area contributed by atoms with Crippen LogP contribution in [0.2, 0.25) is 0 Å². The predicted molar refractivity (Wildman–Crippen MR) is 85.8 cm³/mol. The smallest absolute Gasteiger partial charge is 0.243 e. The summed E-state index contributed by atoms with van der Waals surface area (Å²) in [5.74, 6) is 0.254. The van der Waals surface area contributed by atoms with E-state index in [0.29, 0.717) is 30.8 Å². The molecule has 0 aromatic heterocycles. The van der Waals surface area contributed by atoms with E-state index < -0.39 is 10.0 Å². The zero-order valence-corrected chi connectivity index (χ0v) is 13.8. The minimum atomic E-state index is -3.51. The van der Waals surface area contributed by atoms with Gasteiger partial charge in [-0.3, -0.25) is 0 Å². The van der Waals surface area contributed by atoms with Gasteiger partial charge in [-0.15, -0.1) is 0 Å². The summed E-state index contributed by atoms with van der Waals surface area (Å²) in [6, 6.07) is 5.05. The van der Waals surface area contributed by atoms with Gasteiger partial charge in [-0.05, 0) is 30.9 Å². The molecular formula is C14H20N2O3S2. The monoisotopic (exact) mass is 328 g/mol. The second kappa shape index (κ2) is 6.39. The molecule has 1 aromatic carbocycles. The SMILES string of the molecule is COCC1CCN(S(=O)(=O)c2cc(C(N)=S)ccc2C)C1. The molecule has 0 radical (unpaired) electrons. The third kappa shape index (κ3) is 3.42. The van der Waals surface area contributed by atoms with Gasteiger partial charge in [0.2, 0.25) is 10.0 Å². The van der Waals surface area contributed by atoms with Gasteiger partial charge < -0.3 is 10.5 Å². The molecule has 1 aliphatic rings. The minimum absolute atomic E-state index is 0.199. The van der Waals surface area contributed by atoms with Crippen LogP contribution in [-0.2, 0) is 14.8 Å². The van der Waals surface area contributed by atoms with Crippen molar-refractivity contribution in [1.82, 2.24) is 4.31 Å². The Morgan fingerprint density at radius 1 is 1.52 bits per heavy atom. The molecule has 116 valence electrons. The van der Waals surface area contributed by atoms with Crippen LogP contribution in [0.1, 0.15) is 17.5 Å². The Hall–Kier alpha value is -1.02. The Morgan fingerprint density at radius 2 is 2.24 bits per heavy atom. The molecular weight excluding hydrogens is 308 g/mol. The van der Waals surface area contributed by atoms with Gasteiger partial charge in [0.1, 0.15) is 4.99 Å². The number of hydrogen-bond acceptors (Lipinski definition) is 4. The number of nitrogens with zero attached hydrogens (tertiary/aromatic N) is 1. The van der Waals surface area contributed by atoms with Gasteiger partial charge in [-0.2, -0.15) is 4.31 Å². The summed E-state index contributed by atoms with van der Waals surface area (Å²) < 4.78 is 32.2. The van der Waals surface area contributed by atoms with Crippen LogP contribution in [0.3, 0.4) is 0 Å². The normalized spacial score (nSPS) is 19.8. The quantitative estimate of drug-likeness (QED) is 0.825. The molecule has 0 saturated carbocycles. The number of thiocarbonyl (C=S) groups is 1. The number of methoxy groups -OCH3 is 1. The number of benzene rings is 1. The van der Waals surface area contributed by atoms with Crippen molar-refractivity contribution in [2.24, 2.45) is 11.7 Å². The number of rotatable bonds is 5. The zero-order chi connectivity index (χ0) is 15.6. The first-order chi connectivity index (χ1) is 9.86. The molecule has 0 aliphatic carbocycles. The van der Waals surface area contributed by atoms with Crippen molar-refractivity contribution in [2.45, 2.75) is 18.2 Å². The molecule has 1 saturated heterocycles. The Kier molecular flexibility index (Phi) is 4.98. The summed E-state index contributed by atoms with van der Waals surface area (Å²) in [7, 11) is -1.88. The summed E-state index contributed by atoms with van der Waals surface area (Å²) in [4.78, 5) is 0.482. The van der Waals surface area contributed by atoms with Gasteiger partial charge in [0.15, 0.2) is 0 Å². The van der Waals surface area contributed by atoms with Crippen LogP contribution in [0.15, 0.2) is 23.1 Å². The van der Waals surface area contributed by atoms with Crippen molar-refractivity contribution in [3.05, 3.63) is 29.3 Å². The van der Waals surface area contributed by atoms with E-state index in [-0.39, 0.29) is 15.8 Å². The summed E-state index contributed by atoms with van der Waals surface area (Å²) >= 11 is 4.93. The summed E-state index contributed by atoms with van der Waals surface area (Å²) in [6.07, 6.45) is 0.821. The molecule has 0 amide bonds. The number of hydrogen-bond donors (Lipinski definition) is 1. The van der Waals surface area contributed by atoms with Gasteiger partial charge >= 0.3 is 0 Å². The second-order valence-electron chi connectivity index (χ2n) is 5.32. The fourth-order valence-electron chi connectivity index (χ4n) is 2.56. The highest BCUT2D eigenvalue weighted by Gasteiger charge is 2.33.